The second-order valence-corrected chi connectivity index (χ2v) is 11.7. The molecule has 198 valence electrons. The zero-order chi connectivity index (χ0) is 26.7. The first-order valence-electron chi connectivity index (χ1n) is 12.7. The maximum Gasteiger partial charge on any atom is 0.416 e. The quantitative estimate of drug-likeness (QED) is 0.258. The molecule has 0 bridgehead atoms. The Kier molecular flexibility index (Phi) is 6.04. The normalized spacial score (nSPS) is 23.2. The number of rotatable bonds is 7. The van der Waals surface area contributed by atoms with Crippen LogP contribution in [0.2, 0.25) is 0 Å². The van der Waals surface area contributed by atoms with Gasteiger partial charge in [0.2, 0.25) is 0 Å². The molecule has 6 nitrogen and oxygen atoms in total. The molecule has 3 heterocycles. The van der Waals surface area contributed by atoms with Gasteiger partial charge in [-0.05, 0) is 68.3 Å². The van der Waals surface area contributed by atoms with Crippen LogP contribution in [0.1, 0.15) is 29.7 Å². The predicted molar refractivity (Wildman–Crippen MR) is 143 cm³/mol. The Labute approximate surface area is 223 Å². The van der Waals surface area contributed by atoms with Crippen LogP contribution in [0.15, 0.2) is 59.8 Å². The third-order valence-corrected chi connectivity index (χ3v) is 9.09. The molecule has 0 radical (unpaired) electrons. The maximum atomic E-state index is 13.0. The van der Waals surface area contributed by atoms with E-state index in [1.54, 1.807) is 23.9 Å². The van der Waals surface area contributed by atoms with Crippen molar-refractivity contribution in [3.63, 3.8) is 0 Å². The third kappa shape index (κ3) is 4.38. The molecule has 2 aliphatic rings. The van der Waals surface area contributed by atoms with Crippen LogP contribution in [0.3, 0.4) is 0 Å². The van der Waals surface area contributed by atoms with Gasteiger partial charge in [0.1, 0.15) is 0 Å². The van der Waals surface area contributed by atoms with Crippen molar-refractivity contribution in [3.8, 4) is 11.4 Å². The van der Waals surface area contributed by atoms with Crippen LogP contribution in [-0.4, -0.2) is 55.6 Å². The maximum absolute atomic E-state index is 13.0. The van der Waals surface area contributed by atoms with Crippen molar-refractivity contribution in [2.75, 3.05) is 25.4 Å². The Morgan fingerprint density at radius 2 is 1.82 bits per heavy atom. The molecule has 2 aromatic heterocycles. The van der Waals surface area contributed by atoms with Crippen molar-refractivity contribution >= 4 is 22.7 Å². The van der Waals surface area contributed by atoms with Crippen LogP contribution in [0.4, 0.5) is 13.2 Å². The van der Waals surface area contributed by atoms with E-state index in [1.165, 1.54) is 12.1 Å². The highest BCUT2D eigenvalue weighted by Gasteiger charge is 2.70. The minimum Gasteiger partial charge on any atom is -0.323 e. The van der Waals surface area contributed by atoms with Gasteiger partial charge in [0, 0.05) is 53.5 Å². The summed E-state index contributed by atoms with van der Waals surface area (Å²) in [6.07, 6.45) is -2.55. The van der Waals surface area contributed by atoms with Crippen LogP contribution < -0.4 is 5.73 Å². The minimum absolute atomic E-state index is 0.239. The summed E-state index contributed by atoms with van der Waals surface area (Å²) in [5, 5.41) is 10.8. The van der Waals surface area contributed by atoms with Crippen molar-refractivity contribution in [2.45, 2.75) is 42.1 Å². The standard InChI is InChI=1S/C28H29F3N6S/c1-18-4-5-19-14-20(6-11-23(19)33-18)24-34-35-25(36(24)2)38-13-3-12-37-16-26(15-27(26,32)17-37)21-7-9-22(10-8-21)28(29,30)31/h4-11,14H,3,12-13,15-17,32H2,1-2H3/t26-,27?/m1/s1. The molecule has 2 aromatic carbocycles. The van der Waals surface area contributed by atoms with Gasteiger partial charge in [-0.1, -0.05) is 30.0 Å². The van der Waals surface area contributed by atoms with E-state index >= 15 is 0 Å². The van der Waals surface area contributed by atoms with Gasteiger partial charge in [-0.15, -0.1) is 10.2 Å². The van der Waals surface area contributed by atoms with Crippen LogP contribution >= 0.6 is 11.8 Å². The van der Waals surface area contributed by atoms with E-state index in [0.717, 1.165) is 76.9 Å². The Morgan fingerprint density at radius 3 is 2.58 bits per heavy atom. The Morgan fingerprint density at radius 1 is 1.03 bits per heavy atom. The smallest absolute Gasteiger partial charge is 0.323 e. The first-order valence-corrected chi connectivity index (χ1v) is 13.7. The molecule has 0 spiro atoms. The molecule has 1 saturated carbocycles. The van der Waals surface area contributed by atoms with Crippen LogP contribution in [0.5, 0.6) is 0 Å². The number of thioether (sulfide) groups is 1. The number of alkyl halides is 3. The highest BCUT2D eigenvalue weighted by Crippen LogP contribution is 2.60. The lowest BCUT2D eigenvalue weighted by Crippen LogP contribution is -2.34. The molecule has 1 saturated heterocycles. The summed E-state index contributed by atoms with van der Waals surface area (Å²) in [5.74, 6) is 1.70. The summed E-state index contributed by atoms with van der Waals surface area (Å²) >= 11 is 1.67. The number of halogens is 3. The highest BCUT2D eigenvalue weighted by atomic mass is 32.2. The molecule has 38 heavy (non-hydrogen) atoms. The summed E-state index contributed by atoms with van der Waals surface area (Å²) in [6.45, 7) is 4.42. The molecule has 1 unspecified atom stereocenters. The average molecular weight is 539 g/mol. The summed E-state index contributed by atoms with van der Waals surface area (Å²) in [7, 11) is 1.98. The van der Waals surface area contributed by atoms with Crippen molar-refractivity contribution in [1.29, 1.82) is 0 Å². The zero-order valence-electron chi connectivity index (χ0n) is 21.3. The first kappa shape index (κ1) is 25.3. The Bertz CT molecular complexity index is 1500. The summed E-state index contributed by atoms with van der Waals surface area (Å²) < 4.78 is 40.9. The number of hydrogen-bond acceptors (Lipinski definition) is 6. The SMILES string of the molecule is Cc1ccc2cc(-c3nnc(SCCCN4CC5(N)C[C@]5(c5ccc(C(F)(F)F)cc5)C4)n3C)ccc2n1. The first-order chi connectivity index (χ1) is 18.1. The largest absolute Gasteiger partial charge is 0.416 e. The molecular formula is C28H29F3N6S. The fourth-order valence-corrected chi connectivity index (χ4v) is 6.71. The Hall–Kier alpha value is -2.95. The van der Waals surface area contributed by atoms with E-state index in [0.29, 0.717) is 0 Å². The second kappa shape index (κ2) is 9.07. The second-order valence-electron chi connectivity index (χ2n) is 10.6. The van der Waals surface area contributed by atoms with Gasteiger partial charge in [-0.2, -0.15) is 13.2 Å². The summed E-state index contributed by atoms with van der Waals surface area (Å²) in [6, 6.07) is 15.8. The van der Waals surface area contributed by atoms with E-state index in [9.17, 15) is 13.2 Å². The van der Waals surface area contributed by atoms with Crippen molar-refractivity contribution < 1.29 is 13.2 Å². The number of pyridine rings is 1. The molecule has 2 N–H and O–H groups in total. The fourth-order valence-electron chi connectivity index (χ4n) is 5.88. The predicted octanol–water partition coefficient (Wildman–Crippen LogP) is 5.19. The third-order valence-electron chi connectivity index (χ3n) is 7.98. The van der Waals surface area contributed by atoms with Gasteiger partial charge in [0.25, 0.3) is 0 Å². The molecule has 1 aliphatic carbocycles. The topological polar surface area (TPSA) is 72.9 Å². The molecule has 1 aliphatic heterocycles. The molecule has 6 rings (SSSR count). The van der Waals surface area contributed by atoms with Crippen molar-refractivity contribution in [2.24, 2.45) is 12.8 Å². The number of piperidine rings is 1. The van der Waals surface area contributed by atoms with Crippen LogP contribution in [0, 0.1) is 6.92 Å². The number of benzene rings is 2. The van der Waals surface area contributed by atoms with Crippen molar-refractivity contribution in [3.05, 3.63) is 71.4 Å². The van der Waals surface area contributed by atoms with Gasteiger partial charge in [0.15, 0.2) is 11.0 Å². The number of nitrogens with two attached hydrogens (primary N) is 1. The fraction of sp³-hybridized carbons (Fsp3) is 0.393. The zero-order valence-corrected chi connectivity index (χ0v) is 22.1. The molecule has 2 fully saturated rings. The van der Waals surface area contributed by atoms with E-state index in [1.807, 2.05) is 36.7 Å². The minimum atomic E-state index is -4.32. The molecule has 10 heteroatoms. The number of nitrogens with zero attached hydrogens (tertiary/aromatic N) is 5. The lowest BCUT2D eigenvalue weighted by Gasteiger charge is -2.20. The van der Waals surface area contributed by atoms with E-state index in [-0.39, 0.29) is 11.0 Å². The molecule has 0 amide bonds. The Balaban J connectivity index is 1.05. The van der Waals surface area contributed by atoms with E-state index in [4.69, 9.17) is 5.73 Å². The monoisotopic (exact) mass is 538 g/mol. The van der Waals surface area contributed by atoms with Gasteiger partial charge in [-0.3, -0.25) is 4.98 Å². The summed E-state index contributed by atoms with van der Waals surface area (Å²) in [4.78, 5) is 6.91. The van der Waals surface area contributed by atoms with Gasteiger partial charge < -0.3 is 15.2 Å². The van der Waals surface area contributed by atoms with Gasteiger partial charge in [-0.25, -0.2) is 0 Å². The summed E-state index contributed by atoms with van der Waals surface area (Å²) in [5.41, 5.74) is 9.31. The highest BCUT2D eigenvalue weighted by molar-refractivity contribution is 7.99. The average Bonchev–Trinajstić information content (AvgIpc) is 3.13. The molecular weight excluding hydrogens is 509 g/mol. The number of hydrogen-bond donors (Lipinski definition) is 1. The molecule has 2 atom stereocenters. The lowest BCUT2D eigenvalue weighted by atomic mass is 9.92. The van der Waals surface area contributed by atoms with Gasteiger partial charge in [0.05, 0.1) is 11.1 Å². The lowest BCUT2D eigenvalue weighted by molar-refractivity contribution is -0.137. The number of fused-ring (bicyclic) bond motifs is 2. The molecule has 4 aromatic rings. The van der Waals surface area contributed by atoms with Crippen molar-refractivity contribution in [1.82, 2.24) is 24.6 Å². The van der Waals surface area contributed by atoms with Gasteiger partial charge >= 0.3 is 6.18 Å². The number of likely N-dealkylation sites (tertiary alicyclic amines) is 1. The number of aromatic nitrogens is 4. The van der Waals surface area contributed by atoms with E-state index < -0.39 is 11.7 Å². The van der Waals surface area contributed by atoms with Crippen LogP contribution in [-0.2, 0) is 18.6 Å². The van der Waals surface area contributed by atoms with E-state index in [2.05, 4.69) is 32.2 Å². The number of aryl methyl sites for hydroxylation is 1. The van der Waals surface area contributed by atoms with Crippen LogP contribution in [0.25, 0.3) is 22.3 Å².